The van der Waals surface area contributed by atoms with Gasteiger partial charge in [-0.15, -0.1) is 0 Å². The van der Waals surface area contributed by atoms with Crippen LogP contribution in [0.2, 0.25) is 0 Å². The number of hydrogen-bond donors (Lipinski definition) is 1. The first kappa shape index (κ1) is 13.8. The van der Waals surface area contributed by atoms with Crippen LogP contribution >= 0.6 is 0 Å². The molecule has 0 aliphatic carbocycles. The SMILES string of the molecule is Cc1ccccc1C(C)NCCCCn1ccnc1. The number of nitrogens with zero attached hydrogens (tertiary/aromatic N) is 2. The summed E-state index contributed by atoms with van der Waals surface area (Å²) in [5.74, 6) is 0. The molecule has 102 valence electrons. The lowest BCUT2D eigenvalue weighted by Gasteiger charge is -2.16. The largest absolute Gasteiger partial charge is 0.337 e. The van der Waals surface area contributed by atoms with Gasteiger partial charge in [0.05, 0.1) is 6.33 Å². The quantitative estimate of drug-likeness (QED) is 0.771. The molecule has 1 heterocycles. The molecule has 0 aliphatic heterocycles. The van der Waals surface area contributed by atoms with Crippen molar-refractivity contribution in [1.82, 2.24) is 14.9 Å². The van der Waals surface area contributed by atoms with Crippen molar-refractivity contribution in [3.63, 3.8) is 0 Å². The molecule has 1 aromatic heterocycles. The monoisotopic (exact) mass is 257 g/mol. The second kappa shape index (κ2) is 7.10. The van der Waals surface area contributed by atoms with Crippen molar-refractivity contribution >= 4 is 0 Å². The van der Waals surface area contributed by atoms with E-state index in [9.17, 15) is 0 Å². The highest BCUT2D eigenvalue weighted by Crippen LogP contribution is 2.16. The predicted octanol–water partition coefficient (Wildman–Crippen LogP) is 3.32. The third-order valence-corrected chi connectivity index (χ3v) is 3.51. The first-order chi connectivity index (χ1) is 9.27. The van der Waals surface area contributed by atoms with Crippen LogP contribution in [0.4, 0.5) is 0 Å². The van der Waals surface area contributed by atoms with Crippen LogP contribution < -0.4 is 5.32 Å². The summed E-state index contributed by atoms with van der Waals surface area (Å²) in [5.41, 5.74) is 2.76. The van der Waals surface area contributed by atoms with Crippen molar-refractivity contribution in [1.29, 1.82) is 0 Å². The third-order valence-electron chi connectivity index (χ3n) is 3.51. The third kappa shape index (κ3) is 4.21. The molecule has 1 atom stereocenters. The minimum Gasteiger partial charge on any atom is -0.337 e. The van der Waals surface area contributed by atoms with Gasteiger partial charge in [-0.1, -0.05) is 24.3 Å². The molecule has 0 fully saturated rings. The van der Waals surface area contributed by atoms with Crippen molar-refractivity contribution in [2.24, 2.45) is 0 Å². The Balaban J connectivity index is 1.67. The first-order valence-corrected chi connectivity index (χ1v) is 7.02. The minimum absolute atomic E-state index is 0.425. The topological polar surface area (TPSA) is 29.9 Å². The van der Waals surface area contributed by atoms with E-state index >= 15 is 0 Å². The first-order valence-electron chi connectivity index (χ1n) is 7.02. The standard InChI is InChI=1S/C16H23N3/c1-14-7-3-4-8-16(14)15(2)18-9-5-6-11-19-12-10-17-13-19/h3-4,7-8,10,12-13,15,18H,5-6,9,11H2,1-2H3. The molecule has 1 unspecified atom stereocenters. The summed E-state index contributed by atoms with van der Waals surface area (Å²) < 4.78 is 2.13. The molecule has 19 heavy (non-hydrogen) atoms. The minimum atomic E-state index is 0.425. The number of imidazole rings is 1. The maximum atomic E-state index is 4.05. The lowest BCUT2D eigenvalue weighted by molar-refractivity contribution is 0.522. The molecule has 3 heteroatoms. The molecule has 2 aromatic rings. The van der Waals surface area contributed by atoms with Crippen LogP contribution in [0.15, 0.2) is 43.0 Å². The Morgan fingerprint density at radius 2 is 2.11 bits per heavy atom. The Hall–Kier alpha value is -1.61. The fourth-order valence-corrected chi connectivity index (χ4v) is 2.34. The van der Waals surface area contributed by atoms with Gasteiger partial charge in [-0.3, -0.25) is 0 Å². The zero-order valence-electron chi connectivity index (χ0n) is 11.8. The van der Waals surface area contributed by atoms with E-state index in [2.05, 4.69) is 53.0 Å². The van der Waals surface area contributed by atoms with Gasteiger partial charge in [0.25, 0.3) is 0 Å². The highest BCUT2D eigenvalue weighted by Gasteiger charge is 2.06. The van der Waals surface area contributed by atoms with Crippen LogP contribution in [-0.2, 0) is 6.54 Å². The van der Waals surface area contributed by atoms with E-state index < -0.39 is 0 Å². The van der Waals surface area contributed by atoms with Gasteiger partial charge in [0.2, 0.25) is 0 Å². The molecular formula is C16H23N3. The number of nitrogens with one attached hydrogen (secondary N) is 1. The molecule has 0 spiro atoms. The molecule has 2 rings (SSSR count). The highest BCUT2D eigenvalue weighted by atomic mass is 15.0. The Morgan fingerprint density at radius 3 is 2.84 bits per heavy atom. The Labute approximate surface area is 115 Å². The van der Waals surface area contributed by atoms with Gasteiger partial charge in [-0.05, 0) is 44.4 Å². The van der Waals surface area contributed by atoms with Gasteiger partial charge in [-0.25, -0.2) is 4.98 Å². The second-order valence-electron chi connectivity index (χ2n) is 5.04. The van der Waals surface area contributed by atoms with Crippen LogP contribution in [0.25, 0.3) is 0 Å². The second-order valence-corrected chi connectivity index (χ2v) is 5.04. The van der Waals surface area contributed by atoms with E-state index in [0.717, 1.165) is 13.1 Å². The van der Waals surface area contributed by atoms with Gasteiger partial charge in [0.1, 0.15) is 0 Å². The maximum absolute atomic E-state index is 4.05. The maximum Gasteiger partial charge on any atom is 0.0945 e. The number of aryl methyl sites for hydroxylation is 2. The molecule has 0 amide bonds. The van der Waals surface area contributed by atoms with E-state index in [0.29, 0.717) is 6.04 Å². The number of hydrogen-bond acceptors (Lipinski definition) is 2. The molecule has 0 saturated heterocycles. The van der Waals surface area contributed by atoms with Crippen LogP contribution in [0.3, 0.4) is 0 Å². The number of unbranched alkanes of at least 4 members (excludes halogenated alkanes) is 1. The van der Waals surface area contributed by atoms with Crippen LogP contribution in [0.5, 0.6) is 0 Å². The van der Waals surface area contributed by atoms with Crippen LogP contribution in [0, 0.1) is 6.92 Å². The van der Waals surface area contributed by atoms with E-state index in [1.807, 2.05) is 18.7 Å². The average Bonchev–Trinajstić information content (AvgIpc) is 2.92. The summed E-state index contributed by atoms with van der Waals surface area (Å²) in [7, 11) is 0. The lowest BCUT2D eigenvalue weighted by Crippen LogP contribution is -2.20. The van der Waals surface area contributed by atoms with E-state index in [1.165, 1.54) is 24.0 Å². The zero-order chi connectivity index (χ0) is 13.5. The van der Waals surface area contributed by atoms with Gasteiger partial charge >= 0.3 is 0 Å². The number of aromatic nitrogens is 2. The predicted molar refractivity (Wildman–Crippen MR) is 79.1 cm³/mol. The molecular weight excluding hydrogens is 234 g/mol. The molecule has 0 radical (unpaired) electrons. The smallest absolute Gasteiger partial charge is 0.0945 e. The van der Waals surface area contributed by atoms with E-state index in [1.54, 1.807) is 0 Å². The van der Waals surface area contributed by atoms with Crippen molar-refractivity contribution in [3.8, 4) is 0 Å². The zero-order valence-corrected chi connectivity index (χ0v) is 11.8. The van der Waals surface area contributed by atoms with Crippen molar-refractivity contribution in [3.05, 3.63) is 54.1 Å². The summed E-state index contributed by atoms with van der Waals surface area (Å²) in [6.07, 6.45) is 8.10. The molecule has 0 saturated carbocycles. The van der Waals surface area contributed by atoms with Gasteiger partial charge < -0.3 is 9.88 Å². The van der Waals surface area contributed by atoms with Crippen LogP contribution in [-0.4, -0.2) is 16.1 Å². The summed E-state index contributed by atoms with van der Waals surface area (Å²) in [6.45, 7) is 6.52. The van der Waals surface area contributed by atoms with Gasteiger partial charge in [0.15, 0.2) is 0 Å². The van der Waals surface area contributed by atoms with Crippen molar-refractivity contribution in [2.45, 2.75) is 39.3 Å². The Kier molecular flexibility index (Phi) is 5.16. The molecule has 1 N–H and O–H groups in total. The summed E-state index contributed by atoms with van der Waals surface area (Å²) in [4.78, 5) is 4.05. The summed E-state index contributed by atoms with van der Waals surface area (Å²) in [5, 5.41) is 3.59. The average molecular weight is 257 g/mol. The highest BCUT2D eigenvalue weighted by molar-refractivity contribution is 5.28. The molecule has 3 nitrogen and oxygen atoms in total. The molecule has 0 aliphatic rings. The fourth-order valence-electron chi connectivity index (χ4n) is 2.34. The lowest BCUT2D eigenvalue weighted by atomic mass is 10.0. The summed E-state index contributed by atoms with van der Waals surface area (Å²) in [6, 6.07) is 9.01. The van der Waals surface area contributed by atoms with E-state index in [-0.39, 0.29) is 0 Å². The van der Waals surface area contributed by atoms with Crippen LogP contribution in [0.1, 0.15) is 36.9 Å². The van der Waals surface area contributed by atoms with Gasteiger partial charge in [0, 0.05) is 25.0 Å². The van der Waals surface area contributed by atoms with E-state index in [4.69, 9.17) is 0 Å². The molecule has 0 bridgehead atoms. The Morgan fingerprint density at radius 1 is 1.26 bits per heavy atom. The Bertz CT molecular complexity index is 476. The number of rotatable bonds is 7. The summed E-state index contributed by atoms with van der Waals surface area (Å²) >= 11 is 0. The van der Waals surface area contributed by atoms with Gasteiger partial charge in [-0.2, -0.15) is 0 Å². The number of benzene rings is 1. The fraction of sp³-hybridized carbons (Fsp3) is 0.438. The normalized spacial score (nSPS) is 12.5. The molecule has 1 aromatic carbocycles. The van der Waals surface area contributed by atoms with Crippen molar-refractivity contribution in [2.75, 3.05) is 6.54 Å². The van der Waals surface area contributed by atoms with Crippen molar-refractivity contribution < 1.29 is 0 Å².